The predicted octanol–water partition coefficient (Wildman–Crippen LogP) is 4.86. The zero-order valence-corrected chi connectivity index (χ0v) is 14.9. The highest BCUT2D eigenvalue weighted by molar-refractivity contribution is 5.36. The van der Waals surface area contributed by atoms with Gasteiger partial charge in [0.25, 0.3) is 0 Å². The minimum absolute atomic E-state index is 0.281. The first kappa shape index (κ1) is 14.6. The van der Waals surface area contributed by atoms with Gasteiger partial charge in [0.1, 0.15) is 0 Å². The second-order valence-corrected chi connectivity index (χ2v) is 9.28. The van der Waals surface area contributed by atoms with Crippen molar-refractivity contribution in [3.05, 3.63) is 23.5 Å². The number of allylic oxidation sites excluding steroid dienone is 4. The smallest absolute Gasteiger partial charge is 0.0972 e. The molecule has 2 nitrogen and oxygen atoms in total. The monoisotopic (exact) mass is 314 g/mol. The lowest BCUT2D eigenvalue weighted by molar-refractivity contribution is -0.0446. The summed E-state index contributed by atoms with van der Waals surface area (Å²) < 4.78 is 11.6. The van der Waals surface area contributed by atoms with Gasteiger partial charge in [0, 0.05) is 11.8 Å². The largest absolute Gasteiger partial charge is 0.501 e. The third-order valence-electron chi connectivity index (χ3n) is 8.78. The van der Waals surface area contributed by atoms with Gasteiger partial charge < -0.3 is 9.47 Å². The number of methoxy groups -OCH3 is 1. The fourth-order valence-corrected chi connectivity index (χ4v) is 7.11. The van der Waals surface area contributed by atoms with Crippen molar-refractivity contribution in [3.8, 4) is 0 Å². The fourth-order valence-electron chi connectivity index (χ4n) is 7.11. The molecule has 3 fully saturated rings. The summed E-state index contributed by atoms with van der Waals surface area (Å²) in [7, 11) is 1.82. The number of epoxide rings is 1. The van der Waals surface area contributed by atoms with Crippen LogP contribution in [0.5, 0.6) is 0 Å². The second-order valence-electron chi connectivity index (χ2n) is 9.28. The minimum Gasteiger partial charge on any atom is -0.501 e. The Morgan fingerprint density at radius 2 is 1.91 bits per heavy atom. The van der Waals surface area contributed by atoms with E-state index < -0.39 is 0 Å². The number of hydrogen-bond acceptors (Lipinski definition) is 2. The highest BCUT2D eigenvalue weighted by Gasteiger charge is 2.69. The van der Waals surface area contributed by atoms with Gasteiger partial charge in [0.15, 0.2) is 0 Å². The Labute approximate surface area is 140 Å². The van der Waals surface area contributed by atoms with Gasteiger partial charge in [-0.2, -0.15) is 0 Å². The molecule has 0 N–H and O–H groups in total. The molecule has 5 aliphatic rings. The summed E-state index contributed by atoms with van der Waals surface area (Å²) in [6.07, 6.45) is 14.1. The molecular formula is C21H30O2. The van der Waals surface area contributed by atoms with Crippen LogP contribution in [0.25, 0.3) is 0 Å². The topological polar surface area (TPSA) is 21.8 Å². The van der Waals surface area contributed by atoms with Crippen molar-refractivity contribution < 1.29 is 9.47 Å². The van der Waals surface area contributed by atoms with E-state index in [9.17, 15) is 0 Å². The average Bonchev–Trinajstić information content (AvgIpc) is 3.28. The van der Waals surface area contributed by atoms with Crippen LogP contribution >= 0.6 is 0 Å². The van der Waals surface area contributed by atoms with Crippen molar-refractivity contribution in [2.24, 2.45) is 28.6 Å². The van der Waals surface area contributed by atoms with E-state index in [0.29, 0.717) is 10.8 Å². The summed E-state index contributed by atoms with van der Waals surface area (Å²) in [4.78, 5) is 0. The van der Waals surface area contributed by atoms with Crippen molar-refractivity contribution in [1.29, 1.82) is 0 Å². The summed E-state index contributed by atoms with van der Waals surface area (Å²) in [6, 6.07) is 0. The molecule has 1 spiro atoms. The van der Waals surface area contributed by atoms with Gasteiger partial charge in [-0.15, -0.1) is 0 Å². The average molecular weight is 314 g/mol. The highest BCUT2D eigenvalue weighted by Crippen LogP contribution is 2.70. The molecular weight excluding hydrogens is 284 g/mol. The van der Waals surface area contributed by atoms with Gasteiger partial charge in [-0.1, -0.05) is 19.9 Å². The molecule has 6 atom stereocenters. The molecule has 1 heterocycles. The Morgan fingerprint density at radius 3 is 2.65 bits per heavy atom. The van der Waals surface area contributed by atoms with Gasteiger partial charge in [0.05, 0.1) is 25.1 Å². The molecule has 0 bridgehead atoms. The lowest BCUT2D eigenvalue weighted by Gasteiger charge is -2.56. The van der Waals surface area contributed by atoms with Crippen LogP contribution in [0.1, 0.15) is 58.8 Å². The second kappa shape index (κ2) is 4.45. The van der Waals surface area contributed by atoms with E-state index in [4.69, 9.17) is 9.47 Å². The molecule has 0 radical (unpaired) electrons. The van der Waals surface area contributed by atoms with E-state index in [1.165, 1.54) is 44.3 Å². The van der Waals surface area contributed by atoms with Crippen LogP contribution in [-0.2, 0) is 9.47 Å². The molecule has 1 saturated heterocycles. The van der Waals surface area contributed by atoms with Crippen molar-refractivity contribution in [2.75, 3.05) is 13.7 Å². The van der Waals surface area contributed by atoms with Crippen LogP contribution in [0, 0.1) is 28.6 Å². The van der Waals surface area contributed by atoms with Crippen LogP contribution in [0.2, 0.25) is 0 Å². The van der Waals surface area contributed by atoms with Crippen molar-refractivity contribution in [3.63, 3.8) is 0 Å². The SMILES string of the molecule is COC1=CC2=CC[C@@H]3[C@H](CC[C@]4(C)[C@H]3CC[C@@]43CO3)[C@]2(C)CC1. The lowest BCUT2D eigenvalue weighted by Crippen LogP contribution is -2.50. The van der Waals surface area contributed by atoms with Gasteiger partial charge >= 0.3 is 0 Å². The molecule has 0 amide bonds. The van der Waals surface area contributed by atoms with E-state index in [1.54, 1.807) is 5.57 Å². The molecule has 0 aromatic rings. The first-order valence-electron chi connectivity index (χ1n) is 9.62. The highest BCUT2D eigenvalue weighted by atomic mass is 16.6. The first-order chi connectivity index (χ1) is 11.0. The van der Waals surface area contributed by atoms with E-state index in [2.05, 4.69) is 26.0 Å². The summed E-state index contributed by atoms with van der Waals surface area (Å²) in [6.45, 7) is 6.13. The molecule has 0 aromatic heterocycles. The molecule has 126 valence electrons. The minimum atomic E-state index is 0.281. The van der Waals surface area contributed by atoms with Gasteiger partial charge in [-0.25, -0.2) is 0 Å². The molecule has 0 unspecified atom stereocenters. The number of rotatable bonds is 1. The quantitative estimate of drug-likeness (QED) is 0.645. The zero-order chi connectivity index (χ0) is 15.9. The Bertz CT molecular complexity index is 599. The first-order valence-corrected chi connectivity index (χ1v) is 9.62. The number of ether oxygens (including phenoxy) is 2. The van der Waals surface area contributed by atoms with Crippen LogP contribution < -0.4 is 0 Å². The summed E-state index contributed by atoms with van der Waals surface area (Å²) in [5.41, 5.74) is 2.69. The third-order valence-corrected chi connectivity index (χ3v) is 8.78. The van der Waals surface area contributed by atoms with Crippen LogP contribution in [0.3, 0.4) is 0 Å². The number of hydrogen-bond donors (Lipinski definition) is 0. The van der Waals surface area contributed by atoms with Gasteiger partial charge in [0.2, 0.25) is 0 Å². The maximum absolute atomic E-state index is 6.03. The van der Waals surface area contributed by atoms with Crippen LogP contribution in [0.4, 0.5) is 0 Å². The summed E-state index contributed by atoms with van der Waals surface area (Å²) in [5.74, 6) is 3.80. The van der Waals surface area contributed by atoms with Gasteiger partial charge in [-0.3, -0.25) is 0 Å². The van der Waals surface area contributed by atoms with E-state index in [0.717, 1.165) is 30.8 Å². The predicted molar refractivity (Wildman–Crippen MR) is 90.9 cm³/mol. The standard InChI is InChI=1S/C21H30O2/c1-19-9-6-15(22-3)12-14(19)4-5-16-17(19)7-10-20(2)18(16)8-11-21(20)13-23-21/h4,12,16-18H,5-11,13H2,1-3H3/t16-,17+,18+,19-,20-,21-/m1/s1. The molecule has 1 aliphatic heterocycles. The van der Waals surface area contributed by atoms with E-state index in [1.807, 2.05) is 7.11 Å². The Kier molecular flexibility index (Phi) is 2.82. The Morgan fingerprint density at radius 1 is 1.13 bits per heavy atom. The van der Waals surface area contributed by atoms with Crippen molar-refractivity contribution >= 4 is 0 Å². The summed E-state index contributed by atoms with van der Waals surface area (Å²) in [5, 5.41) is 0. The molecule has 23 heavy (non-hydrogen) atoms. The molecule has 2 heteroatoms. The van der Waals surface area contributed by atoms with Gasteiger partial charge in [-0.05, 0) is 73.3 Å². The maximum atomic E-state index is 6.03. The zero-order valence-electron chi connectivity index (χ0n) is 14.9. The fraction of sp³-hybridized carbons (Fsp3) is 0.810. The maximum Gasteiger partial charge on any atom is 0.0972 e. The Balaban J connectivity index is 1.51. The summed E-state index contributed by atoms with van der Waals surface area (Å²) >= 11 is 0. The van der Waals surface area contributed by atoms with Crippen LogP contribution in [-0.4, -0.2) is 19.3 Å². The normalized spacial score (nSPS) is 53.8. The lowest BCUT2D eigenvalue weighted by atomic mass is 9.48. The molecule has 4 aliphatic carbocycles. The van der Waals surface area contributed by atoms with Crippen molar-refractivity contribution in [1.82, 2.24) is 0 Å². The molecule has 2 saturated carbocycles. The van der Waals surface area contributed by atoms with Crippen molar-refractivity contribution in [2.45, 2.75) is 64.4 Å². The van der Waals surface area contributed by atoms with E-state index >= 15 is 0 Å². The van der Waals surface area contributed by atoms with Crippen LogP contribution in [0.15, 0.2) is 23.5 Å². The Hall–Kier alpha value is -0.760. The molecule has 0 aromatic carbocycles. The third kappa shape index (κ3) is 1.69. The molecule has 5 rings (SSSR count). The van der Waals surface area contributed by atoms with E-state index in [-0.39, 0.29) is 5.60 Å². The number of fused-ring (bicyclic) bond motifs is 6.